The van der Waals surface area contributed by atoms with Crippen LogP contribution in [-0.2, 0) is 4.79 Å². The number of ether oxygens (including phenoxy) is 1. The Bertz CT molecular complexity index is 633. The maximum Gasteiger partial charge on any atom is 0.244 e. The van der Waals surface area contributed by atoms with Crippen LogP contribution in [0.15, 0.2) is 54.6 Å². The van der Waals surface area contributed by atoms with Crippen LogP contribution in [0, 0.1) is 6.92 Å². The first-order valence-corrected chi connectivity index (χ1v) is 7.42. The Morgan fingerprint density at radius 2 is 1.82 bits per heavy atom. The Kier molecular flexibility index (Phi) is 6.04. The zero-order valence-electron chi connectivity index (χ0n) is 12.4. The number of amides is 1. The summed E-state index contributed by atoms with van der Waals surface area (Å²) >= 11 is 5.80. The van der Waals surface area contributed by atoms with Gasteiger partial charge in [-0.1, -0.05) is 41.4 Å². The summed E-state index contributed by atoms with van der Waals surface area (Å²) in [5.41, 5.74) is 2.11. The monoisotopic (exact) mass is 315 g/mol. The summed E-state index contributed by atoms with van der Waals surface area (Å²) in [6, 6.07) is 15.1. The van der Waals surface area contributed by atoms with E-state index in [1.807, 2.05) is 43.3 Å². The molecule has 2 rings (SSSR count). The molecule has 0 unspecified atom stereocenters. The molecular weight excluding hydrogens is 298 g/mol. The van der Waals surface area contributed by atoms with Gasteiger partial charge in [0, 0.05) is 11.1 Å². The van der Waals surface area contributed by atoms with Gasteiger partial charge in [-0.3, -0.25) is 4.79 Å². The molecule has 0 radical (unpaired) electrons. The first kappa shape index (κ1) is 16.1. The number of carbonyl (C=O) groups excluding carboxylic acids is 1. The van der Waals surface area contributed by atoms with E-state index >= 15 is 0 Å². The molecule has 0 saturated carbocycles. The Balaban J connectivity index is 1.69. The molecule has 2 aromatic rings. The normalized spacial score (nSPS) is 10.6. The van der Waals surface area contributed by atoms with Gasteiger partial charge in [0.05, 0.1) is 6.54 Å². The Labute approximate surface area is 135 Å². The lowest BCUT2D eigenvalue weighted by Gasteiger charge is -2.06. The lowest BCUT2D eigenvalue weighted by atomic mass is 10.2. The van der Waals surface area contributed by atoms with Crippen LogP contribution in [0.25, 0.3) is 6.08 Å². The van der Waals surface area contributed by atoms with Crippen LogP contribution in [0.5, 0.6) is 5.75 Å². The summed E-state index contributed by atoms with van der Waals surface area (Å²) in [6.07, 6.45) is 3.24. The molecule has 0 fully saturated rings. The lowest BCUT2D eigenvalue weighted by Crippen LogP contribution is -2.26. The molecule has 2 aromatic carbocycles. The van der Waals surface area contributed by atoms with Crippen LogP contribution >= 0.6 is 11.6 Å². The van der Waals surface area contributed by atoms with Crippen LogP contribution in [0.4, 0.5) is 0 Å². The molecule has 1 amide bonds. The highest BCUT2D eigenvalue weighted by Crippen LogP contribution is 2.11. The van der Waals surface area contributed by atoms with E-state index in [0.29, 0.717) is 18.2 Å². The molecule has 0 spiro atoms. The zero-order valence-corrected chi connectivity index (χ0v) is 13.1. The molecule has 0 saturated heterocycles. The van der Waals surface area contributed by atoms with E-state index in [1.54, 1.807) is 18.2 Å². The Morgan fingerprint density at radius 3 is 2.50 bits per heavy atom. The summed E-state index contributed by atoms with van der Waals surface area (Å²) in [7, 11) is 0. The number of halogens is 1. The zero-order chi connectivity index (χ0) is 15.8. The molecule has 0 aliphatic carbocycles. The van der Waals surface area contributed by atoms with Gasteiger partial charge in [0.2, 0.25) is 5.91 Å². The smallest absolute Gasteiger partial charge is 0.244 e. The maximum atomic E-state index is 11.7. The highest BCUT2D eigenvalue weighted by atomic mass is 35.5. The third-order valence-corrected chi connectivity index (χ3v) is 3.24. The molecule has 114 valence electrons. The van der Waals surface area contributed by atoms with Gasteiger partial charge in [-0.2, -0.15) is 0 Å². The number of aryl methyl sites for hydroxylation is 1. The summed E-state index contributed by atoms with van der Waals surface area (Å²) in [6.45, 7) is 2.91. The van der Waals surface area contributed by atoms with Gasteiger partial charge in [0.1, 0.15) is 12.4 Å². The molecule has 0 aliphatic rings. The topological polar surface area (TPSA) is 38.3 Å². The van der Waals surface area contributed by atoms with Crippen molar-refractivity contribution >= 4 is 23.6 Å². The highest BCUT2D eigenvalue weighted by molar-refractivity contribution is 6.30. The molecule has 4 heteroatoms. The van der Waals surface area contributed by atoms with Crippen molar-refractivity contribution < 1.29 is 9.53 Å². The third kappa shape index (κ3) is 5.62. The van der Waals surface area contributed by atoms with E-state index in [2.05, 4.69) is 5.32 Å². The molecule has 0 aliphatic heterocycles. The average Bonchev–Trinajstić information content (AvgIpc) is 2.53. The number of rotatable bonds is 6. The number of hydrogen-bond acceptors (Lipinski definition) is 2. The van der Waals surface area contributed by atoms with Crippen molar-refractivity contribution in [3.05, 3.63) is 70.8 Å². The number of hydrogen-bond donors (Lipinski definition) is 1. The molecule has 0 bridgehead atoms. The second-order valence-corrected chi connectivity index (χ2v) is 5.27. The molecule has 3 nitrogen and oxygen atoms in total. The van der Waals surface area contributed by atoms with Crippen molar-refractivity contribution in [3.63, 3.8) is 0 Å². The van der Waals surface area contributed by atoms with Crippen molar-refractivity contribution in [2.24, 2.45) is 0 Å². The van der Waals surface area contributed by atoms with Crippen molar-refractivity contribution in [1.29, 1.82) is 0 Å². The van der Waals surface area contributed by atoms with E-state index in [1.165, 1.54) is 11.6 Å². The molecule has 0 atom stereocenters. The van der Waals surface area contributed by atoms with Gasteiger partial charge in [-0.05, 0) is 42.8 Å². The van der Waals surface area contributed by atoms with Crippen LogP contribution < -0.4 is 10.1 Å². The minimum absolute atomic E-state index is 0.151. The first-order valence-electron chi connectivity index (χ1n) is 7.04. The fraction of sp³-hybridized carbons (Fsp3) is 0.167. The van der Waals surface area contributed by atoms with Gasteiger partial charge in [-0.25, -0.2) is 0 Å². The lowest BCUT2D eigenvalue weighted by molar-refractivity contribution is -0.116. The van der Waals surface area contributed by atoms with Gasteiger partial charge < -0.3 is 10.1 Å². The SMILES string of the molecule is Cc1ccc(OCCNC(=O)/C=C/c2ccc(Cl)cc2)cc1. The van der Waals surface area contributed by atoms with Crippen LogP contribution in [0.1, 0.15) is 11.1 Å². The highest BCUT2D eigenvalue weighted by Gasteiger charge is 1.97. The van der Waals surface area contributed by atoms with Gasteiger partial charge in [0.25, 0.3) is 0 Å². The van der Waals surface area contributed by atoms with Gasteiger partial charge in [-0.15, -0.1) is 0 Å². The van der Waals surface area contributed by atoms with Crippen molar-refractivity contribution in [2.45, 2.75) is 6.92 Å². The number of nitrogens with one attached hydrogen (secondary N) is 1. The summed E-state index contributed by atoms with van der Waals surface area (Å²) < 4.78 is 5.53. The van der Waals surface area contributed by atoms with Crippen LogP contribution in [-0.4, -0.2) is 19.1 Å². The van der Waals surface area contributed by atoms with E-state index < -0.39 is 0 Å². The molecule has 0 heterocycles. The van der Waals surface area contributed by atoms with Crippen LogP contribution in [0.2, 0.25) is 5.02 Å². The molecular formula is C18H18ClNO2. The van der Waals surface area contributed by atoms with Gasteiger partial charge in [0.15, 0.2) is 0 Å². The van der Waals surface area contributed by atoms with E-state index in [9.17, 15) is 4.79 Å². The van der Waals surface area contributed by atoms with Crippen molar-refractivity contribution in [1.82, 2.24) is 5.32 Å². The van der Waals surface area contributed by atoms with Crippen LogP contribution in [0.3, 0.4) is 0 Å². The molecule has 22 heavy (non-hydrogen) atoms. The summed E-state index contributed by atoms with van der Waals surface area (Å²) in [5.74, 6) is 0.652. The number of benzene rings is 2. The first-order chi connectivity index (χ1) is 10.6. The minimum Gasteiger partial charge on any atom is -0.492 e. The average molecular weight is 316 g/mol. The Hall–Kier alpha value is -2.26. The summed E-state index contributed by atoms with van der Waals surface area (Å²) in [4.78, 5) is 11.7. The number of carbonyl (C=O) groups is 1. The second-order valence-electron chi connectivity index (χ2n) is 4.84. The minimum atomic E-state index is -0.151. The Morgan fingerprint density at radius 1 is 1.14 bits per heavy atom. The summed E-state index contributed by atoms with van der Waals surface area (Å²) in [5, 5.41) is 3.44. The van der Waals surface area contributed by atoms with E-state index in [-0.39, 0.29) is 5.91 Å². The van der Waals surface area contributed by atoms with Crippen molar-refractivity contribution in [3.8, 4) is 5.75 Å². The quantitative estimate of drug-likeness (QED) is 0.649. The van der Waals surface area contributed by atoms with E-state index in [0.717, 1.165) is 11.3 Å². The second kappa shape index (κ2) is 8.25. The maximum absolute atomic E-state index is 11.7. The van der Waals surface area contributed by atoms with Crippen molar-refractivity contribution in [2.75, 3.05) is 13.2 Å². The van der Waals surface area contributed by atoms with E-state index in [4.69, 9.17) is 16.3 Å². The molecule has 1 N–H and O–H groups in total. The fourth-order valence-electron chi connectivity index (χ4n) is 1.78. The predicted molar refractivity (Wildman–Crippen MR) is 90.2 cm³/mol. The van der Waals surface area contributed by atoms with Gasteiger partial charge >= 0.3 is 0 Å². The standard InChI is InChI=1S/C18H18ClNO2/c1-14-2-9-17(10-3-14)22-13-12-20-18(21)11-6-15-4-7-16(19)8-5-15/h2-11H,12-13H2,1H3,(H,20,21)/b11-6+. The molecule has 0 aromatic heterocycles. The predicted octanol–water partition coefficient (Wildman–Crippen LogP) is 3.86. The fourth-order valence-corrected chi connectivity index (χ4v) is 1.91. The third-order valence-electron chi connectivity index (χ3n) is 2.99. The largest absolute Gasteiger partial charge is 0.492 e.